The molecule has 0 saturated carbocycles. The van der Waals surface area contributed by atoms with Crippen LogP contribution in [0.15, 0.2) is 18.2 Å². The SMILES string of the molecule is CCN(CC)CCN(C(=O)c1sc(C)nc1C)c1nc2c(F)cccc2s1.Cl. The molecule has 5 nitrogen and oxygen atoms in total. The van der Waals surface area contributed by atoms with Crippen molar-refractivity contribution in [2.24, 2.45) is 0 Å². The maximum absolute atomic E-state index is 14.1. The smallest absolute Gasteiger partial charge is 0.272 e. The lowest BCUT2D eigenvalue weighted by molar-refractivity contribution is 0.0987. The molecule has 0 bridgehead atoms. The van der Waals surface area contributed by atoms with Crippen LogP contribution in [0.1, 0.15) is 34.2 Å². The summed E-state index contributed by atoms with van der Waals surface area (Å²) in [6, 6.07) is 4.89. The number of aromatic nitrogens is 2. The Morgan fingerprint density at radius 1 is 1.11 bits per heavy atom. The van der Waals surface area contributed by atoms with Gasteiger partial charge in [-0.05, 0) is 39.1 Å². The number of carbonyl (C=O) groups excluding carboxylic acids is 1. The molecule has 0 unspecified atom stereocenters. The van der Waals surface area contributed by atoms with E-state index in [0.717, 1.165) is 35.0 Å². The highest BCUT2D eigenvalue weighted by atomic mass is 35.5. The Kier molecular flexibility index (Phi) is 7.88. The van der Waals surface area contributed by atoms with Crippen molar-refractivity contribution in [3.63, 3.8) is 0 Å². The van der Waals surface area contributed by atoms with E-state index in [9.17, 15) is 9.18 Å². The Balaban J connectivity index is 0.00000280. The summed E-state index contributed by atoms with van der Waals surface area (Å²) in [5.41, 5.74) is 1.04. The first-order valence-corrected chi connectivity index (χ1v) is 10.6. The molecule has 28 heavy (non-hydrogen) atoms. The highest BCUT2D eigenvalue weighted by Gasteiger charge is 2.25. The largest absolute Gasteiger partial charge is 0.302 e. The number of fused-ring (bicyclic) bond motifs is 1. The molecular weight excluding hydrogens is 419 g/mol. The van der Waals surface area contributed by atoms with E-state index < -0.39 is 0 Å². The van der Waals surface area contributed by atoms with Gasteiger partial charge < -0.3 is 4.90 Å². The first-order valence-electron chi connectivity index (χ1n) is 8.97. The fourth-order valence-corrected chi connectivity index (χ4v) is 4.81. The zero-order valence-electron chi connectivity index (χ0n) is 16.4. The summed E-state index contributed by atoms with van der Waals surface area (Å²) in [4.78, 5) is 26.6. The van der Waals surface area contributed by atoms with E-state index >= 15 is 0 Å². The van der Waals surface area contributed by atoms with E-state index in [1.165, 1.54) is 28.7 Å². The molecule has 2 heterocycles. The molecular formula is C19H24ClFN4OS2. The highest BCUT2D eigenvalue weighted by molar-refractivity contribution is 7.22. The number of nitrogens with zero attached hydrogens (tertiary/aromatic N) is 4. The number of hydrogen-bond acceptors (Lipinski definition) is 6. The number of halogens is 2. The van der Waals surface area contributed by atoms with Crippen molar-refractivity contribution in [3.8, 4) is 0 Å². The fourth-order valence-electron chi connectivity index (χ4n) is 2.94. The number of anilines is 1. The molecule has 0 atom stereocenters. The number of thiazole rings is 2. The summed E-state index contributed by atoms with van der Waals surface area (Å²) in [5, 5.41) is 1.38. The minimum atomic E-state index is -0.365. The number of benzene rings is 1. The summed E-state index contributed by atoms with van der Waals surface area (Å²) >= 11 is 2.73. The Hall–Kier alpha value is -1.61. The third kappa shape index (κ3) is 4.68. The van der Waals surface area contributed by atoms with E-state index in [1.807, 2.05) is 19.9 Å². The van der Waals surface area contributed by atoms with Crippen molar-refractivity contribution in [2.75, 3.05) is 31.1 Å². The van der Waals surface area contributed by atoms with E-state index in [0.29, 0.717) is 22.1 Å². The second-order valence-electron chi connectivity index (χ2n) is 6.21. The molecule has 0 saturated heterocycles. The third-order valence-electron chi connectivity index (χ3n) is 4.47. The van der Waals surface area contributed by atoms with Crippen molar-refractivity contribution in [1.82, 2.24) is 14.9 Å². The topological polar surface area (TPSA) is 49.3 Å². The van der Waals surface area contributed by atoms with Crippen LogP contribution in [0, 0.1) is 19.7 Å². The lowest BCUT2D eigenvalue weighted by atomic mass is 10.3. The van der Waals surface area contributed by atoms with Crippen LogP contribution in [0.3, 0.4) is 0 Å². The van der Waals surface area contributed by atoms with Crippen molar-refractivity contribution in [2.45, 2.75) is 27.7 Å². The van der Waals surface area contributed by atoms with E-state index in [1.54, 1.807) is 11.0 Å². The molecule has 0 aliphatic heterocycles. The summed E-state index contributed by atoms with van der Waals surface area (Å²) in [7, 11) is 0. The maximum atomic E-state index is 14.1. The molecule has 1 aromatic carbocycles. The Bertz CT molecular complexity index is 955. The van der Waals surface area contributed by atoms with Crippen molar-refractivity contribution < 1.29 is 9.18 Å². The van der Waals surface area contributed by atoms with Gasteiger partial charge in [-0.25, -0.2) is 14.4 Å². The number of likely N-dealkylation sites (N-methyl/N-ethyl adjacent to an activating group) is 1. The van der Waals surface area contributed by atoms with Gasteiger partial charge in [-0.2, -0.15) is 0 Å². The lowest BCUT2D eigenvalue weighted by Crippen LogP contribution is -2.38. The summed E-state index contributed by atoms with van der Waals surface area (Å²) in [6.07, 6.45) is 0. The summed E-state index contributed by atoms with van der Waals surface area (Å²) in [5.74, 6) is -0.485. The molecule has 2 aromatic heterocycles. The van der Waals surface area contributed by atoms with Gasteiger partial charge in [-0.3, -0.25) is 9.69 Å². The van der Waals surface area contributed by atoms with Crippen LogP contribution in [0.4, 0.5) is 9.52 Å². The molecule has 0 N–H and O–H groups in total. The number of para-hydroxylation sites is 1. The van der Waals surface area contributed by atoms with E-state index in [2.05, 4.69) is 28.7 Å². The predicted molar refractivity (Wildman–Crippen MR) is 118 cm³/mol. The standard InChI is InChI=1S/C19H23FN4OS2.ClH/c1-5-23(6-2)10-11-24(18(25)17-12(3)21-13(4)26-17)19-22-16-14(20)8-7-9-15(16)27-19;/h7-9H,5-6,10-11H2,1-4H3;1H. The van der Waals surface area contributed by atoms with Gasteiger partial charge in [0.1, 0.15) is 16.2 Å². The highest BCUT2D eigenvalue weighted by Crippen LogP contribution is 2.32. The monoisotopic (exact) mass is 442 g/mol. The first kappa shape index (κ1) is 22.7. The third-order valence-corrected chi connectivity index (χ3v) is 6.57. The van der Waals surface area contributed by atoms with Gasteiger partial charge in [-0.1, -0.05) is 31.3 Å². The van der Waals surface area contributed by atoms with Crippen molar-refractivity contribution in [1.29, 1.82) is 0 Å². The normalized spacial score (nSPS) is 11.1. The number of rotatable bonds is 7. The molecule has 3 rings (SSSR count). The van der Waals surface area contributed by atoms with Gasteiger partial charge in [-0.15, -0.1) is 23.7 Å². The number of amides is 1. The van der Waals surface area contributed by atoms with Crippen LogP contribution in [0.2, 0.25) is 0 Å². The van der Waals surface area contributed by atoms with Gasteiger partial charge in [0.2, 0.25) is 0 Å². The Morgan fingerprint density at radius 2 is 1.82 bits per heavy atom. The Labute approximate surface area is 178 Å². The zero-order valence-corrected chi connectivity index (χ0v) is 18.8. The molecule has 0 aliphatic carbocycles. The molecule has 3 aromatic rings. The maximum Gasteiger partial charge on any atom is 0.272 e. The molecule has 0 radical (unpaired) electrons. The van der Waals surface area contributed by atoms with Crippen LogP contribution < -0.4 is 4.90 Å². The van der Waals surface area contributed by atoms with Gasteiger partial charge in [0.15, 0.2) is 5.13 Å². The average molecular weight is 443 g/mol. The molecule has 0 spiro atoms. The molecule has 1 amide bonds. The molecule has 9 heteroatoms. The van der Waals surface area contributed by atoms with E-state index in [-0.39, 0.29) is 24.1 Å². The van der Waals surface area contributed by atoms with Crippen LogP contribution in [0.25, 0.3) is 10.2 Å². The van der Waals surface area contributed by atoms with Gasteiger partial charge in [0.25, 0.3) is 5.91 Å². The molecule has 0 fully saturated rings. The minimum Gasteiger partial charge on any atom is -0.302 e. The van der Waals surface area contributed by atoms with Crippen LogP contribution >= 0.6 is 35.1 Å². The number of carbonyl (C=O) groups is 1. The summed E-state index contributed by atoms with van der Waals surface area (Å²) < 4.78 is 14.8. The predicted octanol–water partition coefficient (Wildman–Crippen LogP) is 4.92. The number of aryl methyl sites for hydroxylation is 2. The van der Waals surface area contributed by atoms with Gasteiger partial charge >= 0.3 is 0 Å². The average Bonchev–Trinajstić information content (AvgIpc) is 3.22. The minimum absolute atomic E-state index is 0. The molecule has 0 aliphatic rings. The van der Waals surface area contributed by atoms with Crippen LogP contribution in [-0.4, -0.2) is 47.0 Å². The first-order chi connectivity index (χ1) is 12.9. The Morgan fingerprint density at radius 3 is 2.39 bits per heavy atom. The van der Waals surface area contributed by atoms with Crippen LogP contribution in [0.5, 0.6) is 0 Å². The second kappa shape index (κ2) is 9.73. The fraction of sp³-hybridized carbons (Fsp3) is 0.421. The van der Waals surface area contributed by atoms with Crippen LogP contribution in [-0.2, 0) is 0 Å². The van der Waals surface area contributed by atoms with Crippen molar-refractivity contribution >= 4 is 56.3 Å². The van der Waals surface area contributed by atoms with Gasteiger partial charge in [0.05, 0.1) is 15.4 Å². The second-order valence-corrected chi connectivity index (χ2v) is 8.43. The number of hydrogen-bond donors (Lipinski definition) is 0. The molecule has 152 valence electrons. The lowest BCUT2D eigenvalue weighted by Gasteiger charge is -2.24. The zero-order chi connectivity index (χ0) is 19.6. The quantitative estimate of drug-likeness (QED) is 0.521. The van der Waals surface area contributed by atoms with Gasteiger partial charge in [0, 0.05) is 13.1 Å². The summed E-state index contributed by atoms with van der Waals surface area (Å²) in [6.45, 7) is 11.0. The van der Waals surface area contributed by atoms with E-state index in [4.69, 9.17) is 0 Å². The van der Waals surface area contributed by atoms with Crippen molar-refractivity contribution in [3.05, 3.63) is 39.6 Å².